The maximum atomic E-state index is 9.76. The van der Waals surface area contributed by atoms with Gasteiger partial charge in [-0.3, -0.25) is 0 Å². The molecule has 0 fully saturated rings. The number of nitriles is 1. The molecule has 1 aromatic heterocycles. The minimum atomic E-state index is 0.125. The Morgan fingerprint density at radius 2 is 1.96 bits per heavy atom. The number of hydrogen-bond donors (Lipinski definition) is 2. The van der Waals surface area contributed by atoms with Gasteiger partial charge in [0, 0.05) is 0 Å². The molecule has 23 heavy (non-hydrogen) atoms. The number of imidazole rings is 1. The lowest BCUT2D eigenvalue weighted by molar-refractivity contribution is 0.468. The largest absolute Gasteiger partial charge is 0.506 e. The molecule has 0 saturated carbocycles. The van der Waals surface area contributed by atoms with Crippen molar-refractivity contribution >= 4 is 54.5 Å². The number of hydrogen-bond acceptors (Lipinski definition) is 3. The Morgan fingerprint density at radius 3 is 2.61 bits per heavy atom. The van der Waals surface area contributed by atoms with Crippen LogP contribution in [0.5, 0.6) is 5.75 Å². The van der Waals surface area contributed by atoms with E-state index in [4.69, 9.17) is 0 Å². The number of fused-ring (bicyclic) bond motifs is 1. The van der Waals surface area contributed by atoms with Gasteiger partial charge in [0.05, 0.1) is 25.6 Å². The number of aryl methyl sites for hydroxylation is 1. The number of nitrogens with zero attached hydrogens (tertiary/aromatic N) is 2. The van der Waals surface area contributed by atoms with Gasteiger partial charge in [-0.15, -0.1) is 0 Å². The normalized spacial score (nSPS) is 11.7. The summed E-state index contributed by atoms with van der Waals surface area (Å²) in [6, 6.07) is 11.6. The number of rotatable bonds is 2. The van der Waals surface area contributed by atoms with Crippen molar-refractivity contribution < 1.29 is 5.11 Å². The van der Waals surface area contributed by atoms with Gasteiger partial charge in [-0.2, -0.15) is 5.26 Å². The highest BCUT2D eigenvalue weighted by atomic mass is 79.9. The lowest BCUT2D eigenvalue weighted by Gasteiger charge is -2.03. The van der Waals surface area contributed by atoms with Gasteiger partial charge < -0.3 is 10.1 Å². The molecule has 0 aliphatic heterocycles. The molecule has 6 heteroatoms. The fourth-order valence-electron chi connectivity index (χ4n) is 2.24. The maximum Gasteiger partial charge on any atom is 0.149 e. The van der Waals surface area contributed by atoms with Gasteiger partial charge in [-0.25, -0.2) is 4.98 Å². The van der Waals surface area contributed by atoms with Crippen LogP contribution in [0.3, 0.4) is 0 Å². The second-order valence-electron chi connectivity index (χ2n) is 5.11. The molecule has 0 atom stereocenters. The standard InChI is InChI=1S/C17H11Br2N3O/c1-9-2-3-14-15(4-9)22-17(21-14)11(8-20)5-10-6-12(18)16(23)13(19)7-10/h2-7,23H,1H3,(H,21,22)/b11-5-. The van der Waals surface area contributed by atoms with E-state index >= 15 is 0 Å². The van der Waals surface area contributed by atoms with Crippen molar-refractivity contribution in [2.45, 2.75) is 6.92 Å². The third-order valence-electron chi connectivity index (χ3n) is 3.36. The lowest BCUT2D eigenvalue weighted by Crippen LogP contribution is -1.85. The van der Waals surface area contributed by atoms with E-state index < -0.39 is 0 Å². The van der Waals surface area contributed by atoms with E-state index in [2.05, 4.69) is 47.9 Å². The second-order valence-corrected chi connectivity index (χ2v) is 6.82. The van der Waals surface area contributed by atoms with E-state index in [1.54, 1.807) is 18.2 Å². The Labute approximate surface area is 149 Å². The van der Waals surface area contributed by atoms with Gasteiger partial charge in [0.15, 0.2) is 0 Å². The molecular formula is C17H11Br2N3O. The van der Waals surface area contributed by atoms with Crippen LogP contribution in [0.25, 0.3) is 22.7 Å². The number of nitrogens with one attached hydrogen (secondary N) is 1. The first-order valence-electron chi connectivity index (χ1n) is 6.74. The summed E-state index contributed by atoms with van der Waals surface area (Å²) in [6.45, 7) is 2.01. The molecule has 0 amide bonds. The Bertz CT molecular complexity index is 960. The zero-order valence-corrected chi connectivity index (χ0v) is 15.2. The molecule has 2 N–H and O–H groups in total. The topological polar surface area (TPSA) is 72.7 Å². The summed E-state index contributed by atoms with van der Waals surface area (Å²) in [4.78, 5) is 7.64. The SMILES string of the molecule is Cc1ccc2nc(/C(C#N)=C\c3cc(Br)c(O)c(Br)c3)[nH]c2c1. The summed E-state index contributed by atoms with van der Waals surface area (Å²) in [5.41, 5.74) is 4.04. The number of phenols is 1. The molecule has 0 radical (unpaired) electrons. The molecule has 0 bridgehead atoms. The smallest absolute Gasteiger partial charge is 0.149 e. The van der Waals surface area contributed by atoms with E-state index in [-0.39, 0.29) is 5.75 Å². The number of aromatic amines is 1. The number of aromatic nitrogens is 2. The van der Waals surface area contributed by atoms with E-state index in [1.165, 1.54) is 0 Å². The van der Waals surface area contributed by atoms with Crippen molar-refractivity contribution in [3.8, 4) is 11.8 Å². The number of phenolic OH excluding ortho intramolecular Hbond substituents is 1. The summed E-state index contributed by atoms with van der Waals surface area (Å²) < 4.78 is 1.10. The van der Waals surface area contributed by atoms with Crippen LogP contribution in [0.15, 0.2) is 39.3 Å². The predicted octanol–water partition coefficient (Wildman–Crippen LogP) is 5.17. The van der Waals surface area contributed by atoms with E-state index in [0.29, 0.717) is 20.3 Å². The minimum Gasteiger partial charge on any atom is -0.506 e. The Morgan fingerprint density at radius 1 is 1.26 bits per heavy atom. The first-order chi connectivity index (χ1) is 11.0. The van der Waals surface area contributed by atoms with Gasteiger partial charge in [0.1, 0.15) is 17.6 Å². The molecule has 3 rings (SSSR count). The summed E-state index contributed by atoms with van der Waals surface area (Å²) >= 11 is 6.57. The Hall–Kier alpha value is -2.10. The van der Waals surface area contributed by atoms with Gasteiger partial charge in [0.25, 0.3) is 0 Å². The van der Waals surface area contributed by atoms with Crippen LogP contribution in [0.1, 0.15) is 17.0 Å². The molecular weight excluding hydrogens is 422 g/mol. The number of benzene rings is 2. The number of H-pyrrole nitrogens is 1. The van der Waals surface area contributed by atoms with Gasteiger partial charge in [-0.05, 0) is 80.3 Å². The fourth-order valence-corrected chi connectivity index (χ4v) is 3.46. The van der Waals surface area contributed by atoms with Crippen LogP contribution in [0.2, 0.25) is 0 Å². The molecule has 2 aromatic carbocycles. The monoisotopic (exact) mass is 431 g/mol. The van der Waals surface area contributed by atoms with E-state index in [0.717, 1.165) is 22.2 Å². The van der Waals surface area contributed by atoms with Crippen LogP contribution < -0.4 is 0 Å². The van der Waals surface area contributed by atoms with Gasteiger partial charge in [0.2, 0.25) is 0 Å². The summed E-state index contributed by atoms with van der Waals surface area (Å²) in [7, 11) is 0. The third kappa shape index (κ3) is 3.16. The summed E-state index contributed by atoms with van der Waals surface area (Å²) in [6.07, 6.45) is 1.72. The Balaban J connectivity index is 2.09. The minimum absolute atomic E-state index is 0.125. The third-order valence-corrected chi connectivity index (χ3v) is 4.57. The molecule has 0 aliphatic rings. The fraction of sp³-hybridized carbons (Fsp3) is 0.0588. The van der Waals surface area contributed by atoms with Crippen LogP contribution in [0.4, 0.5) is 0 Å². The van der Waals surface area contributed by atoms with E-state index in [9.17, 15) is 10.4 Å². The highest BCUT2D eigenvalue weighted by Gasteiger charge is 2.10. The quantitative estimate of drug-likeness (QED) is 0.549. The molecule has 4 nitrogen and oxygen atoms in total. The van der Waals surface area contributed by atoms with Crippen molar-refractivity contribution in [2.24, 2.45) is 0 Å². The second kappa shape index (κ2) is 6.19. The zero-order chi connectivity index (χ0) is 16.6. The van der Waals surface area contributed by atoms with Crippen LogP contribution in [-0.2, 0) is 0 Å². The number of halogens is 2. The predicted molar refractivity (Wildman–Crippen MR) is 97.8 cm³/mol. The average Bonchev–Trinajstić information content (AvgIpc) is 2.92. The Kier molecular flexibility index (Phi) is 4.24. The van der Waals surface area contributed by atoms with Crippen molar-refractivity contribution in [3.05, 3.63) is 56.2 Å². The van der Waals surface area contributed by atoms with Crippen molar-refractivity contribution in [1.82, 2.24) is 9.97 Å². The lowest BCUT2D eigenvalue weighted by atomic mass is 10.1. The number of allylic oxidation sites excluding steroid dienone is 1. The van der Waals surface area contributed by atoms with Crippen molar-refractivity contribution in [1.29, 1.82) is 5.26 Å². The molecule has 0 spiro atoms. The zero-order valence-electron chi connectivity index (χ0n) is 12.1. The molecule has 114 valence electrons. The molecule has 1 heterocycles. The van der Waals surface area contributed by atoms with Gasteiger partial charge in [-0.1, -0.05) is 6.07 Å². The van der Waals surface area contributed by atoms with Crippen molar-refractivity contribution in [3.63, 3.8) is 0 Å². The maximum absolute atomic E-state index is 9.76. The summed E-state index contributed by atoms with van der Waals surface area (Å²) in [5, 5.41) is 19.2. The van der Waals surface area contributed by atoms with Crippen LogP contribution >= 0.6 is 31.9 Å². The molecule has 0 unspecified atom stereocenters. The first kappa shape index (κ1) is 15.8. The van der Waals surface area contributed by atoms with E-state index in [1.807, 2.05) is 25.1 Å². The molecule has 3 aromatic rings. The van der Waals surface area contributed by atoms with Gasteiger partial charge >= 0.3 is 0 Å². The highest BCUT2D eigenvalue weighted by Crippen LogP contribution is 2.34. The number of aromatic hydroxyl groups is 1. The molecule has 0 saturated heterocycles. The van der Waals surface area contributed by atoms with Crippen molar-refractivity contribution in [2.75, 3.05) is 0 Å². The van der Waals surface area contributed by atoms with Crippen LogP contribution in [0, 0.1) is 18.3 Å². The van der Waals surface area contributed by atoms with Crippen LogP contribution in [-0.4, -0.2) is 15.1 Å². The first-order valence-corrected chi connectivity index (χ1v) is 8.33. The average molecular weight is 433 g/mol. The summed E-state index contributed by atoms with van der Waals surface area (Å²) in [5.74, 6) is 0.647. The highest BCUT2D eigenvalue weighted by molar-refractivity contribution is 9.11. The molecule has 0 aliphatic carbocycles.